The first kappa shape index (κ1) is 12.2. The molecule has 18 heavy (non-hydrogen) atoms. The maximum absolute atomic E-state index is 4.44. The zero-order valence-corrected chi connectivity index (χ0v) is 11.4. The van der Waals surface area contributed by atoms with Gasteiger partial charge in [-0.3, -0.25) is 15.2 Å². The van der Waals surface area contributed by atoms with E-state index in [1.165, 1.54) is 41.4 Å². The van der Waals surface area contributed by atoms with Crippen LogP contribution in [0.25, 0.3) is 0 Å². The number of nitrogens with zero attached hydrogens (tertiary/aromatic N) is 2. The minimum atomic E-state index is 0.766. The van der Waals surface area contributed by atoms with E-state index >= 15 is 0 Å². The van der Waals surface area contributed by atoms with Crippen molar-refractivity contribution < 1.29 is 0 Å². The molecule has 0 unspecified atom stereocenters. The topological polar surface area (TPSA) is 27.6 Å². The summed E-state index contributed by atoms with van der Waals surface area (Å²) in [6.45, 7) is 5.21. The molecule has 0 aromatic heterocycles. The first-order valence-electron chi connectivity index (χ1n) is 6.55. The minimum absolute atomic E-state index is 0.766. The molecule has 0 spiro atoms. The molecule has 0 saturated carbocycles. The number of nitrogens with one attached hydrogen (secondary N) is 1. The zero-order valence-electron chi connectivity index (χ0n) is 10.6. The van der Waals surface area contributed by atoms with E-state index < -0.39 is 0 Å². The molecule has 2 aliphatic rings. The van der Waals surface area contributed by atoms with Gasteiger partial charge in [0, 0.05) is 37.7 Å². The van der Waals surface area contributed by atoms with Gasteiger partial charge in [-0.25, -0.2) is 0 Å². The Morgan fingerprint density at radius 2 is 1.94 bits per heavy atom. The Labute approximate surface area is 113 Å². The van der Waals surface area contributed by atoms with Gasteiger partial charge in [-0.1, -0.05) is 24.3 Å². The third kappa shape index (κ3) is 2.94. The summed E-state index contributed by atoms with van der Waals surface area (Å²) >= 11 is 2.06. The lowest BCUT2D eigenvalue weighted by Gasteiger charge is -2.26. The van der Waals surface area contributed by atoms with Crippen molar-refractivity contribution in [3.63, 3.8) is 0 Å². The van der Waals surface area contributed by atoms with Crippen molar-refractivity contribution in [3.05, 3.63) is 35.4 Å². The zero-order chi connectivity index (χ0) is 12.2. The molecule has 1 fully saturated rings. The van der Waals surface area contributed by atoms with Crippen LogP contribution in [-0.4, -0.2) is 48.4 Å². The highest BCUT2D eigenvalue weighted by atomic mass is 32.2. The van der Waals surface area contributed by atoms with Crippen LogP contribution in [0.3, 0.4) is 0 Å². The van der Waals surface area contributed by atoms with Gasteiger partial charge in [0.2, 0.25) is 0 Å². The fraction of sp³-hybridized carbons (Fsp3) is 0.500. The Balaban J connectivity index is 1.63. The first-order valence-corrected chi connectivity index (χ1v) is 7.71. The van der Waals surface area contributed by atoms with E-state index in [0.29, 0.717) is 0 Å². The van der Waals surface area contributed by atoms with Crippen molar-refractivity contribution in [3.8, 4) is 0 Å². The first-order chi connectivity index (χ1) is 8.92. The highest BCUT2D eigenvalue weighted by molar-refractivity contribution is 7.99. The number of benzene rings is 1. The summed E-state index contributed by atoms with van der Waals surface area (Å²) in [7, 11) is 0. The van der Waals surface area contributed by atoms with E-state index in [9.17, 15) is 0 Å². The van der Waals surface area contributed by atoms with Crippen LogP contribution in [-0.2, 0) is 6.54 Å². The quantitative estimate of drug-likeness (QED) is 0.895. The second kappa shape index (κ2) is 5.87. The molecule has 0 radical (unpaired) electrons. The second-order valence-electron chi connectivity index (χ2n) is 4.78. The van der Waals surface area contributed by atoms with E-state index in [-0.39, 0.29) is 0 Å². The lowest BCUT2D eigenvalue weighted by Crippen LogP contribution is -2.31. The van der Waals surface area contributed by atoms with Gasteiger partial charge in [-0.05, 0) is 11.1 Å². The number of hydrogen-bond acceptors (Lipinski definition) is 4. The molecule has 0 atom stereocenters. The molecule has 1 N–H and O–H groups in total. The molecule has 1 aromatic rings. The molecule has 1 saturated heterocycles. The van der Waals surface area contributed by atoms with Gasteiger partial charge in [-0.2, -0.15) is 11.8 Å². The van der Waals surface area contributed by atoms with Crippen molar-refractivity contribution in [1.29, 1.82) is 0 Å². The number of thioether (sulfide) groups is 1. The van der Waals surface area contributed by atoms with Crippen LogP contribution >= 0.6 is 11.8 Å². The molecule has 0 amide bonds. The smallest absolute Gasteiger partial charge is 0.0891 e. The largest absolute Gasteiger partial charge is 0.297 e. The number of aliphatic imine (C=N–C) groups is 1. The molecule has 0 aliphatic carbocycles. The molecule has 2 heterocycles. The maximum atomic E-state index is 4.44. The normalized spacial score (nSPS) is 21.0. The molecular formula is C14H19N3S. The lowest BCUT2D eigenvalue weighted by atomic mass is 10.1. The van der Waals surface area contributed by atoms with Gasteiger partial charge in [0.1, 0.15) is 0 Å². The average Bonchev–Trinajstić information content (AvgIpc) is 2.95. The maximum Gasteiger partial charge on any atom is 0.0891 e. The fourth-order valence-electron chi connectivity index (χ4n) is 2.39. The van der Waals surface area contributed by atoms with E-state index in [1.807, 2.05) is 0 Å². The Hall–Kier alpha value is -0.840. The van der Waals surface area contributed by atoms with Gasteiger partial charge >= 0.3 is 0 Å². The standard InChI is InChI=1S/C14H19N3S/c1-3-13(14-9-15-11-16-14)4-2-12(1)10-17-5-7-18-8-6-17/h1-4,15H,5-11H2. The molecular weight excluding hydrogens is 242 g/mol. The molecule has 1 aromatic carbocycles. The van der Waals surface area contributed by atoms with Crippen molar-refractivity contribution in [1.82, 2.24) is 10.2 Å². The van der Waals surface area contributed by atoms with Crippen molar-refractivity contribution in [2.45, 2.75) is 6.54 Å². The van der Waals surface area contributed by atoms with E-state index in [4.69, 9.17) is 0 Å². The molecule has 2 aliphatic heterocycles. The molecule has 4 heteroatoms. The summed E-state index contributed by atoms with van der Waals surface area (Å²) in [6, 6.07) is 8.91. The third-order valence-electron chi connectivity index (χ3n) is 3.47. The van der Waals surface area contributed by atoms with Gasteiger partial charge in [-0.15, -0.1) is 0 Å². The molecule has 96 valence electrons. The summed E-state index contributed by atoms with van der Waals surface area (Å²) in [4.78, 5) is 6.99. The van der Waals surface area contributed by atoms with Crippen LogP contribution in [0, 0.1) is 0 Å². The van der Waals surface area contributed by atoms with E-state index in [2.05, 4.69) is 51.2 Å². The molecule has 0 bridgehead atoms. The Morgan fingerprint density at radius 1 is 1.17 bits per heavy atom. The predicted octanol–water partition coefficient (Wildman–Crippen LogP) is 1.59. The van der Waals surface area contributed by atoms with Crippen molar-refractivity contribution in [2.75, 3.05) is 37.8 Å². The molecule has 3 rings (SSSR count). The van der Waals surface area contributed by atoms with Crippen molar-refractivity contribution in [2.24, 2.45) is 4.99 Å². The summed E-state index contributed by atoms with van der Waals surface area (Å²) in [5.74, 6) is 2.56. The van der Waals surface area contributed by atoms with Crippen LogP contribution in [0.5, 0.6) is 0 Å². The summed E-state index contributed by atoms with van der Waals surface area (Å²) in [6.07, 6.45) is 0. The SMILES string of the molecule is c1cc(C2=NCNC2)ccc1CN1CCSCC1. The Kier molecular flexibility index (Phi) is 3.98. The van der Waals surface area contributed by atoms with Crippen LogP contribution in [0.4, 0.5) is 0 Å². The highest BCUT2D eigenvalue weighted by Crippen LogP contribution is 2.14. The van der Waals surface area contributed by atoms with Crippen LogP contribution in [0.1, 0.15) is 11.1 Å². The minimum Gasteiger partial charge on any atom is -0.297 e. The second-order valence-corrected chi connectivity index (χ2v) is 6.00. The highest BCUT2D eigenvalue weighted by Gasteiger charge is 2.11. The van der Waals surface area contributed by atoms with Crippen LogP contribution in [0.15, 0.2) is 29.3 Å². The summed E-state index contributed by atoms with van der Waals surface area (Å²) in [5, 5.41) is 3.24. The van der Waals surface area contributed by atoms with Crippen LogP contribution < -0.4 is 5.32 Å². The number of rotatable bonds is 3. The van der Waals surface area contributed by atoms with Gasteiger partial charge in [0.05, 0.1) is 12.4 Å². The van der Waals surface area contributed by atoms with Crippen LogP contribution in [0.2, 0.25) is 0 Å². The Bertz CT molecular complexity index is 421. The third-order valence-corrected chi connectivity index (χ3v) is 4.41. The van der Waals surface area contributed by atoms with E-state index in [1.54, 1.807) is 0 Å². The van der Waals surface area contributed by atoms with Gasteiger partial charge in [0.15, 0.2) is 0 Å². The molecule has 3 nitrogen and oxygen atoms in total. The lowest BCUT2D eigenvalue weighted by molar-refractivity contribution is 0.294. The summed E-state index contributed by atoms with van der Waals surface area (Å²) < 4.78 is 0. The van der Waals surface area contributed by atoms with Crippen molar-refractivity contribution >= 4 is 17.5 Å². The van der Waals surface area contributed by atoms with Gasteiger partial charge in [0.25, 0.3) is 0 Å². The fourth-order valence-corrected chi connectivity index (χ4v) is 3.37. The number of hydrogen-bond donors (Lipinski definition) is 1. The average molecular weight is 261 g/mol. The summed E-state index contributed by atoms with van der Waals surface area (Å²) in [5.41, 5.74) is 3.87. The van der Waals surface area contributed by atoms with E-state index in [0.717, 1.165) is 19.8 Å². The van der Waals surface area contributed by atoms with Gasteiger partial charge < -0.3 is 0 Å². The predicted molar refractivity (Wildman–Crippen MR) is 78.5 cm³/mol. The monoisotopic (exact) mass is 261 g/mol. The Morgan fingerprint density at radius 3 is 2.61 bits per heavy atom.